The largest absolute Gasteiger partial charge is 0.463 e. The number of hydrogen-bond donors (Lipinski definition) is 1. The third-order valence-corrected chi connectivity index (χ3v) is 4.14. The first-order valence-corrected chi connectivity index (χ1v) is 9.18. The van der Waals surface area contributed by atoms with Gasteiger partial charge in [-0.2, -0.15) is 5.10 Å². The van der Waals surface area contributed by atoms with Crippen LogP contribution in [0.5, 0.6) is 0 Å². The summed E-state index contributed by atoms with van der Waals surface area (Å²) in [5.41, 5.74) is 2.22. The molecule has 6 nitrogen and oxygen atoms in total. The Labute approximate surface area is 164 Å². The number of esters is 1. The predicted molar refractivity (Wildman–Crippen MR) is 106 cm³/mol. The van der Waals surface area contributed by atoms with Crippen LogP contribution < -0.4 is 5.32 Å². The molecule has 0 fully saturated rings. The number of carbonyl (C=O) groups is 2. The topological polar surface area (TPSA) is 73.2 Å². The van der Waals surface area contributed by atoms with Gasteiger partial charge >= 0.3 is 5.97 Å². The summed E-state index contributed by atoms with van der Waals surface area (Å²) >= 11 is 0. The Kier molecular flexibility index (Phi) is 6.22. The van der Waals surface area contributed by atoms with Gasteiger partial charge in [-0.3, -0.25) is 9.59 Å². The molecule has 1 N–H and O–H groups in total. The third-order valence-electron chi connectivity index (χ3n) is 4.14. The number of amides is 1. The molecule has 1 amide bonds. The first-order chi connectivity index (χ1) is 13.5. The normalized spacial score (nSPS) is 11.8. The minimum atomic E-state index is -0.467. The number of aromatic nitrogens is 2. The number of rotatable bonds is 7. The summed E-state index contributed by atoms with van der Waals surface area (Å²) in [6, 6.07) is 17.9. The monoisotopic (exact) mass is 377 g/mol. The number of ether oxygens (including phenoxy) is 1. The fourth-order valence-electron chi connectivity index (χ4n) is 2.84. The minimum Gasteiger partial charge on any atom is -0.463 e. The Hall–Kier alpha value is -3.41. The molecule has 144 valence electrons. The van der Waals surface area contributed by atoms with Crippen molar-refractivity contribution in [2.24, 2.45) is 0 Å². The maximum atomic E-state index is 12.7. The fraction of sp³-hybridized carbons (Fsp3) is 0.227. The zero-order valence-electron chi connectivity index (χ0n) is 15.9. The molecular weight excluding hydrogens is 354 g/mol. The van der Waals surface area contributed by atoms with E-state index in [1.165, 1.54) is 0 Å². The summed E-state index contributed by atoms with van der Waals surface area (Å²) in [5, 5.41) is 7.12. The van der Waals surface area contributed by atoms with Gasteiger partial charge in [-0.05, 0) is 49.7 Å². The Morgan fingerprint density at radius 1 is 1.04 bits per heavy atom. The highest BCUT2D eigenvalue weighted by Gasteiger charge is 2.20. The highest BCUT2D eigenvalue weighted by Crippen LogP contribution is 2.19. The summed E-state index contributed by atoms with van der Waals surface area (Å²) in [5.74, 6) is -0.601. The molecule has 0 radical (unpaired) electrons. The molecule has 0 spiro atoms. The van der Waals surface area contributed by atoms with E-state index in [0.29, 0.717) is 5.56 Å². The number of benzene rings is 2. The maximum Gasteiger partial charge on any atom is 0.308 e. The molecule has 0 aliphatic rings. The van der Waals surface area contributed by atoms with E-state index < -0.39 is 6.04 Å². The van der Waals surface area contributed by atoms with Crippen LogP contribution in [0.1, 0.15) is 42.2 Å². The quantitative estimate of drug-likeness (QED) is 0.638. The van der Waals surface area contributed by atoms with Gasteiger partial charge in [0.1, 0.15) is 0 Å². The number of hydrogen-bond acceptors (Lipinski definition) is 4. The van der Waals surface area contributed by atoms with E-state index >= 15 is 0 Å². The lowest BCUT2D eigenvalue weighted by Gasteiger charge is -2.19. The van der Waals surface area contributed by atoms with Crippen molar-refractivity contribution in [2.75, 3.05) is 0 Å². The van der Waals surface area contributed by atoms with Crippen molar-refractivity contribution in [1.29, 1.82) is 0 Å². The van der Waals surface area contributed by atoms with E-state index in [1.54, 1.807) is 36.9 Å². The van der Waals surface area contributed by atoms with Crippen LogP contribution in [-0.2, 0) is 9.53 Å². The van der Waals surface area contributed by atoms with Gasteiger partial charge in [-0.25, -0.2) is 4.68 Å². The molecule has 0 aliphatic heterocycles. The molecular formula is C22H23N3O3. The lowest BCUT2D eigenvalue weighted by molar-refractivity contribution is -0.147. The van der Waals surface area contributed by atoms with E-state index in [0.717, 1.165) is 11.3 Å². The average molecular weight is 377 g/mol. The fourth-order valence-corrected chi connectivity index (χ4v) is 2.84. The zero-order chi connectivity index (χ0) is 19.9. The van der Waals surface area contributed by atoms with Crippen molar-refractivity contribution in [3.63, 3.8) is 0 Å². The highest BCUT2D eigenvalue weighted by molar-refractivity contribution is 5.94. The van der Waals surface area contributed by atoms with Gasteiger partial charge < -0.3 is 10.1 Å². The molecule has 1 unspecified atom stereocenters. The number of carbonyl (C=O) groups excluding carboxylic acids is 2. The second kappa shape index (κ2) is 8.99. The van der Waals surface area contributed by atoms with Crippen molar-refractivity contribution in [2.45, 2.75) is 32.4 Å². The van der Waals surface area contributed by atoms with E-state index in [4.69, 9.17) is 4.74 Å². The van der Waals surface area contributed by atoms with Crippen LogP contribution in [-0.4, -0.2) is 27.8 Å². The number of nitrogens with one attached hydrogen (secondary N) is 1. The van der Waals surface area contributed by atoms with E-state index in [2.05, 4.69) is 10.4 Å². The van der Waals surface area contributed by atoms with E-state index in [9.17, 15) is 9.59 Å². The molecule has 1 atom stereocenters. The van der Waals surface area contributed by atoms with Gasteiger partial charge in [0.05, 0.1) is 24.3 Å². The average Bonchev–Trinajstić information content (AvgIpc) is 3.22. The summed E-state index contributed by atoms with van der Waals surface area (Å²) < 4.78 is 6.97. The van der Waals surface area contributed by atoms with E-state index in [1.807, 2.05) is 54.7 Å². The summed E-state index contributed by atoms with van der Waals surface area (Å²) in [6.45, 7) is 3.60. The van der Waals surface area contributed by atoms with Crippen molar-refractivity contribution in [3.8, 4) is 5.69 Å². The van der Waals surface area contributed by atoms with Crippen molar-refractivity contribution < 1.29 is 14.3 Å². The summed E-state index contributed by atoms with van der Waals surface area (Å²) in [7, 11) is 0. The third kappa shape index (κ3) is 5.07. The standard InChI is InChI=1S/C22H23N3O3/c1-16(2)28-21(26)15-20(17-7-4-3-5-8-17)24-22(27)18-9-11-19(12-10-18)25-14-6-13-23-25/h3-14,16,20H,15H2,1-2H3,(H,24,27). The zero-order valence-corrected chi connectivity index (χ0v) is 15.9. The molecule has 0 saturated heterocycles. The second-order valence-corrected chi connectivity index (χ2v) is 6.68. The van der Waals surface area contributed by atoms with Crippen LogP contribution in [0.25, 0.3) is 5.69 Å². The molecule has 2 aromatic carbocycles. The molecule has 1 heterocycles. The van der Waals surface area contributed by atoms with Gasteiger partial charge in [0.2, 0.25) is 0 Å². The van der Waals surface area contributed by atoms with Crippen LogP contribution in [0.3, 0.4) is 0 Å². The molecule has 0 aliphatic carbocycles. The van der Waals surface area contributed by atoms with Gasteiger partial charge in [0, 0.05) is 18.0 Å². The van der Waals surface area contributed by atoms with Crippen LogP contribution in [0.2, 0.25) is 0 Å². The van der Waals surface area contributed by atoms with Gasteiger partial charge in [0.25, 0.3) is 5.91 Å². The van der Waals surface area contributed by atoms with Crippen LogP contribution >= 0.6 is 0 Å². The minimum absolute atomic E-state index is 0.0688. The highest BCUT2D eigenvalue weighted by atomic mass is 16.5. The van der Waals surface area contributed by atoms with E-state index in [-0.39, 0.29) is 24.4 Å². The van der Waals surface area contributed by atoms with Gasteiger partial charge in [0.15, 0.2) is 0 Å². The first-order valence-electron chi connectivity index (χ1n) is 9.18. The lowest BCUT2D eigenvalue weighted by atomic mass is 10.0. The number of nitrogens with zero attached hydrogens (tertiary/aromatic N) is 2. The second-order valence-electron chi connectivity index (χ2n) is 6.68. The smallest absolute Gasteiger partial charge is 0.308 e. The first kappa shape index (κ1) is 19.4. The summed E-state index contributed by atoms with van der Waals surface area (Å²) in [6.07, 6.45) is 3.40. The SMILES string of the molecule is CC(C)OC(=O)CC(NC(=O)c1ccc(-n2cccn2)cc1)c1ccccc1. The molecule has 0 bridgehead atoms. The maximum absolute atomic E-state index is 12.7. The Bertz CT molecular complexity index is 904. The predicted octanol–water partition coefficient (Wildman–Crippen LogP) is 3.69. The van der Waals surface area contributed by atoms with Gasteiger partial charge in [-0.1, -0.05) is 30.3 Å². The van der Waals surface area contributed by atoms with Crippen molar-refractivity contribution in [3.05, 3.63) is 84.2 Å². The molecule has 3 rings (SSSR count). The molecule has 3 aromatic rings. The Morgan fingerprint density at radius 3 is 2.36 bits per heavy atom. The molecule has 1 aromatic heterocycles. The van der Waals surface area contributed by atoms with Crippen molar-refractivity contribution >= 4 is 11.9 Å². The summed E-state index contributed by atoms with van der Waals surface area (Å²) in [4.78, 5) is 24.9. The van der Waals surface area contributed by atoms with Crippen LogP contribution in [0.4, 0.5) is 0 Å². The Balaban J connectivity index is 1.74. The lowest BCUT2D eigenvalue weighted by Crippen LogP contribution is -2.31. The van der Waals surface area contributed by atoms with Crippen LogP contribution in [0, 0.1) is 0 Å². The Morgan fingerprint density at radius 2 is 1.75 bits per heavy atom. The van der Waals surface area contributed by atoms with Crippen molar-refractivity contribution in [1.82, 2.24) is 15.1 Å². The van der Waals surface area contributed by atoms with Gasteiger partial charge in [-0.15, -0.1) is 0 Å². The molecule has 0 saturated carbocycles. The van der Waals surface area contributed by atoms with Crippen LogP contribution in [0.15, 0.2) is 73.1 Å². The molecule has 6 heteroatoms. The molecule has 28 heavy (non-hydrogen) atoms.